The van der Waals surface area contributed by atoms with E-state index in [-0.39, 0.29) is 11.4 Å². The summed E-state index contributed by atoms with van der Waals surface area (Å²) >= 11 is 0. The van der Waals surface area contributed by atoms with E-state index in [1.54, 1.807) is 12.3 Å². The van der Waals surface area contributed by atoms with Crippen molar-refractivity contribution in [1.29, 1.82) is 0 Å². The zero-order chi connectivity index (χ0) is 21.3. The summed E-state index contributed by atoms with van der Waals surface area (Å²) < 4.78 is 19.4. The molecule has 0 radical (unpaired) electrons. The number of halogens is 1. The van der Waals surface area contributed by atoms with Crippen LogP contribution in [0.5, 0.6) is 5.88 Å². The quantitative estimate of drug-likeness (QED) is 0.314. The number of carbonyl (C=O) groups is 1. The van der Waals surface area contributed by atoms with E-state index >= 15 is 0 Å². The standard InChI is InChI=1S/C25H27FN2O2/c1-3-5-6-8-18-9-12-20(13-10-18)23-16-28-24(17-27-23)30-25(29)21-14-11-19(7-4-2)15-22(21)26/h9-17H,3-8H2,1-2H3. The van der Waals surface area contributed by atoms with E-state index in [0.29, 0.717) is 5.69 Å². The first kappa shape index (κ1) is 21.6. The summed E-state index contributed by atoms with van der Waals surface area (Å²) in [6.07, 6.45) is 9.32. The lowest BCUT2D eigenvalue weighted by Gasteiger charge is -2.07. The Labute approximate surface area is 177 Å². The zero-order valence-electron chi connectivity index (χ0n) is 17.5. The van der Waals surface area contributed by atoms with Crippen LogP contribution in [0.15, 0.2) is 54.9 Å². The minimum absolute atomic E-state index is 0.0389. The summed E-state index contributed by atoms with van der Waals surface area (Å²) in [6, 6.07) is 12.8. The molecule has 30 heavy (non-hydrogen) atoms. The van der Waals surface area contributed by atoms with Crippen molar-refractivity contribution in [3.8, 4) is 17.1 Å². The predicted molar refractivity (Wildman–Crippen MR) is 116 cm³/mol. The largest absolute Gasteiger partial charge is 0.402 e. The summed E-state index contributed by atoms with van der Waals surface area (Å²) in [5.41, 5.74) is 3.67. The second kappa shape index (κ2) is 10.6. The van der Waals surface area contributed by atoms with Crippen molar-refractivity contribution < 1.29 is 13.9 Å². The Morgan fingerprint density at radius 2 is 1.67 bits per heavy atom. The van der Waals surface area contributed by atoms with Gasteiger partial charge in [0, 0.05) is 5.56 Å². The molecule has 156 valence electrons. The van der Waals surface area contributed by atoms with Crippen molar-refractivity contribution in [3.05, 3.63) is 77.4 Å². The zero-order valence-corrected chi connectivity index (χ0v) is 17.5. The highest BCUT2D eigenvalue weighted by molar-refractivity contribution is 5.91. The molecule has 0 spiro atoms. The molecule has 3 rings (SSSR count). The molecule has 0 unspecified atom stereocenters. The van der Waals surface area contributed by atoms with Gasteiger partial charge in [0.05, 0.1) is 23.7 Å². The molecule has 0 bridgehead atoms. The van der Waals surface area contributed by atoms with Crippen LogP contribution in [-0.2, 0) is 12.8 Å². The number of rotatable bonds is 9. The molecule has 0 saturated heterocycles. The lowest BCUT2D eigenvalue weighted by molar-refractivity contribution is 0.0722. The van der Waals surface area contributed by atoms with Gasteiger partial charge in [0.25, 0.3) is 0 Å². The lowest BCUT2D eigenvalue weighted by atomic mass is 10.0. The normalized spacial score (nSPS) is 10.8. The molecule has 0 aliphatic heterocycles. The van der Waals surface area contributed by atoms with Gasteiger partial charge in [-0.1, -0.05) is 63.4 Å². The van der Waals surface area contributed by atoms with Gasteiger partial charge in [-0.05, 0) is 42.5 Å². The van der Waals surface area contributed by atoms with E-state index in [1.807, 2.05) is 19.1 Å². The van der Waals surface area contributed by atoms with Gasteiger partial charge in [0.15, 0.2) is 0 Å². The van der Waals surface area contributed by atoms with E-state index in [4.69, 9.17) is 4.74 Å². The van der Waals surface area contributed by atoms with Gasteiger partial charge in [-0.3, -0.25) is 0 Å². The maximum Gasteiger partial charge on any atom is 0.347 e. The molecular weight excluding hydrogens is 379 g/mol. The molecular formula is C25H27FN2O2. The molecule has 0 N–H and O–H groups in total. The first-order valence-electron chi connectivity index (χ1n) is 10.5. The Balaban J connectivity index is 1.63. The molecule has 0 saturated carbocycles. The summed E-state index contributed by atoms with van der Waals surface area (Å²) in [5, 5.41) is 0. The molecule has 0 fully saturated rings. The number of aromatic nitrogens is 2. The number of benzene rings is 2. The van der Waals surface area contributed by atoms with Crippen LogP contribution < -0.4 is 4.74 Å². The Hall–Kier alpha value is -3.08. The molecule has 0 atom stereocenters. The maximum absolute atomic E-state index is 14.2. The SMILES string of the molecule is CCCCCc1ccc(-c2cnc(OC(=O)c3ccc(CCC)cc3F)cn2)cc1. The molecule has 5 heteroatoms. The molecule has 0 aliphatic carbocycles. The average molecular weight is 407 g/mol. The minimum atomic E-state index is -0.783. The van der Waals surface area contributed by atoms with Crippen LogP contribution in [0, 0.1) is 5.82 Å². The van der Waals surface area contributed by atoms with Crippen molar-refractivity contribution in [1.82, 2.24) is 9.97 Å². The fraction of sp³-hybridized carbons (Fsp3) is 0.320. The van der Waals surface area contributed by atoms with E-state index in [0.717, 1.165) is 30.4 Å². The first-order valence-corrected chi connectivity index (χ1v) is 10.5. The minimum Gasteiger partial charge on any atom is -0.402 e. The Kier molecular flexibility index (Phi) is 7.66. The maximum atomic E-state index is 14.2. The molecule has 2 aromatic carbocycles. The van der Waals surface area contributed by atoms with Crippen LogP contribution in [0.1, 0.15) is 61.0 Å². The van der Waals surface area contributed by atoms with E-state index in [1.165, 1.54) is 43.2 Å². The second-order valence-electron chi connectivity index (χ2n) is 7.35. The molecule has 0 amide bonds. The Bertz CT molecular complexity index is 969. The van der Waals surface area contributed by atoms with Crippen molar-refractivity contribution in [2.45, 2.75) is 52.4 Å². The summed E-state index contributed by atoms with van der Waals surface area (Å²) in [5.74, 6) is -1.33. The third-order valence-corrected chi connectivity index (χ3v) is 4.94. The van der Waals surface area contributed by atoms with E-state index < -0.39 is 11.8 Å². The van der Waals surface area contributed by atoms with Crippen LogP contribution in [0.4, 0.5) is 4.39 Å². The summed E-state index contributed by atoms with van der Waals surface area (Å²) in [4.78, 5) is 20.8. The fourth-order valence-corrected chi connectivity index (χ4v) is 3.26. The van der Waals surface area contributed by atoms with E-state index in [2.05, 4.69) is 29.0 Å². The number of unbranched alkanes of at least 4 members (excludes halogenated alkanes) is 2. The summed E-state index contributed by atoms with van der Waals surface area (Å²) in [7, 11) is 0. The van der Waals surface area contributed by atoms with Crippen LogP contribution >= 0.6 is 0 Å². The summed E-state index contributed by atoms with van der Waals surface area (Å²) in [6.45, 7) is 4.22. The van der Waals surface area contributed by atoms with Crippen molar-refractivity contribution in [2.24, 2.45) is 0 Å². The van der Waals surface area contributed by atoms with Crippen molar-refractivity contribution in [3.63, 3.8) is 0 Å². The van der Waals surface area contributed by atoms with Crippen molar-refractivity contribution in [2.75, 3.05) is 0 Å². The number of esters is 1. The number of hydrogen-bond acceptors (Lipinski definition) is 4. The van der Waals surface area contributed by atoms with Gasteiger partial charge in [0.1, 0.15) is 5.82 Å². The molecule has 1 heterocycles. The highest BCUT2D eigenvalue weighted by Crippen LogP contribution is 2.20. The highest BCUT2D eigenvalue weighted by atomic mass is 19.1. The van der Waals surface area contributed by atoms with Gasteiger partial charge < -0.3 is 4.74 Å². The third kappa shape index (κ3) is 5.72. The third-order valence-electron chi connectivity index (χ3n) is 4.94. The number of carbonyl (C=O) groups excluding carboxylic acids is 1. The smallest absolute Gasteiger partial charge is 0.347 e. The molecule has 1 aromatic heterocycles. The molecule has 4 nitrogen and oxygen atoms in total. The topological polar surface area (TPSA) is 52.1 Å². The average Bonchev–Trinajstić information content (AvgIpc) is 2.75. The first-order chi connectivity index (χ1) is 14.6. The van der Waals surface area contributed by atoms with Gasteiger partial charge in [-0.2, -0.15) is 0 Å². The number of aryl methyl sites for hydroxylation is 2. The van der Waals surface area contributed by atoms with Crippen LogP contribution in [0.25, 0.3) is 11.3 Å². The van der Waals surface area contributed by atoms with E-state index in [9.17, 15) is 9.18 Å². The number of nitrogens with zero attached hydrogens (tertiary/aromatic N) is 2. The van der Waals surface area contributed by atoms with Crippen LogP contribution in [0.3, 0.4) is 0 Å². The van der Waals surface area contributed by atoms with Gasteiger partial charge in [0.2, 0.25) is 5.88 Å². The molecule has 3 aromatic rings. The molecule has 0 aliphatic rings. The number of ether oxygens (including phenoxy) is 1. The predicted octanol–water partition coefficient (Wildman–Crippen LogP) is 6.19. The van der Waals surface area contributed by atoms with Crippen LogP contribution in [0.2, 0.25) is 0 Å². The Morgan fingerprint density at radius 1 is 0.900 bits per heavy atom. The van der Waals surface area contributed by atoms with Crippen molar-refractivity contribution >= 4 is 5.97 Å². The van der Waals surface area contributed by atoms with Crippen LogP contribution in [-0.4, -0.2) is 15.9 Å². The van der Waals surface area contributed by atoms with Gasteiger partial charge >= 0.3 is 5.97 Å². The number of hydrogen-bond donors (Lipinski definition) is 0. The monoisotopic (exact) mass is 406 g/mol. The van der Waals surface area contributed by atoms with Gasteiger partial charge in [-0.15, -0.1) is 0 Å². The fourth-order valence-electron chi connectivity index (χ4n) is 3.26. The second-order valence-corrected chi connectivity index (χ2v) is 7.35. The van der Waals surface area contributed by atoms with Gasteiger partial charge in [-0.25, -0.2) is 19.2 Å². The Morgan fingerprint density at radius 3 is 2.30 bits per heavy atom. The lowest BCUT2D eigenvalue weighted by Crippen LogP contribution is -2.12. The highest BCUT2D eigenvalue weighted by Gasteiger charge is 2.15.